The standard InChI is InChI=1S/C22H25FN4OS2/c1-13(2)15-8-7-9-16(14(3)4)20(15)25-19(28)12-29-22-27-26-21(30-22)24-18-11-6-5-10-17(18)23/h5-11,13-14H,12H2,1-4H3,(H,24,26)(H,25,28). The molecule has 0 spiro atoms. The minimum absolute atomic E-state index is 0.0891. The average Bonchev–Trinajstić information content (AvgIpc) is 3.15. The van der Waals surface area contributed by atoms with Crippen LogP contribution in [0, 0.1) is 5.82 Å². The highest BCUT2D eigenvalue weighted by atomic mass is 32.2. The van der Waals surface area contributed by atoms with Crippen molar-refractivity contribution in [3.8, 4) is 0 Å². The van der Waals surface area contributed by atoms with Gasteiger partial charge in [0.05, 0.1) is 11.4 Å². The zero-order valence-corrected chi connectivity index (χ0v) is 19.0. The van der Waals surface area contributed by atoms with Crippen LogP contribution in [0.15, 0.2) is 46.8 Å². The number of carbonyl (C=O) groups is 1. The van der Waals surface area contributed by atoms with E-state index in [9.17, 15) is 9.18 Å². The Hall–Kier alpha value is -2.45. The Balaban J connectivity index is 1.63. The zero-order valence-electron chi connectivity index (χ0n) is 17.4. The summed E-state index contributed by atoms with van der Waals surface area (Å²) in [6.07, 6.45) is 0. The van der Waals surface area contributed by atoms with Crippen LogP contribution in [0.4, 0.5) is 20.9 Å². The first-order valence-electron chi connectivity index (χ1n) is 9.75. The summed E-state index contributed by atoms with van der Waals surface area (Å²) in [6, 6.07) is 12.5. The van der Waals surface area contributed by atoms with Crippen molar-refractivity contribution in [1.29, 1.82) is 0 Å². The number of nitrogens with zero attached hydrogens (tertiary/aromatic N) is 2. The predicted octanol–water partition coefficient (Wildman–Crippen LogP) is 6.40. The maximum atomic E-state index is 13.8. The summed E-state index contributed by atoms with van der Waals surface area (Å²) in [5, 5.41) is 14.6. The number of benzene rings is 2. The number of halogens is 1. The minimum atomic E-state index is -0.356. The van der Waals surface area contributed by atoms with Crippen LogP contribution < -0.4 is 10.6 Å². The molecular weight excluding hydrogens is 419 g/mol. The van der Waals surface area contributed by atoms with E-state index < -0.39 is 0 Å². The van der Waals surface area contributed by atoms with E-state index in [2.05, 4.69) is 60.7 Å². The van der Waals surface area contributed by atoms with Crippen LogP contribution in [-0.4, -0.2) is 21.9 Å². The van der Waals surface area contributed by atoms with E-state index in [1.165, 1.54) is 29.2 Å². The Labute approximate surface area is 184 Å². The van der Waals surface area contributed by atoms with Crippen LogP contribution in [0.1, 0.15) is 50.7 Å². The van der Waals surface area contributed by atoms with Gasteiger partial charge in [-0.05, 0) is 35.1 Å². The summed E-state index contributed by atoms with van der Waals surface area (Å²) < 4.78 is 14.4. The van der Waals surface area contributed by atoms with Crippen molar-refractivity contribution in [3.63, 3.8) is 0 Å². The molecule has 0 aliphatic heterocycles. The van der Waals surface area contributed by atoms with Crippen LogP contribution in [0.3, 0.4) is 0 Å². The fraction of sp³-hybridized carbons (Fsp3) is 0.318. The predicted molar refractivity (Wildman–Crippen MR) is 124 cm³/mol. The largest absolute Gasteiger partial charge is 0.328 e. The van der Waals surface area contributed by atoms with Crippen molar-refractivity contribution in [2.45, 2.75) is 43.9 Å². The van der Waals surface area contributed by atoms with Crippen LogP contribution in [0.5, 0.6) is 0 Å². The van der Waals surface area contributed by atoms with Crippen LogP contribution >= 0.6 is 23.1 Å². The monoisotopic (exact) mass is 444 g/mol. The zero-order chi connectivity index (χ0) is 21.7. The molecule has 1 amide bonds. The molecule has 0 radical (unpaired) electrons. The number of amides is 1. The van der Waals surface area contributed by atoms with Gasteiger partial charge in [-0.3, -0.25) is 4.79 Å². The highest BCUT2D eigenvalue weighted by molar-refractivity contribution is 8.01. The molecule has 1 aromatic heterocycles. The molecule has 0 aliphatic rings. The lowest BCUT2D eigenvalue weighted by molar-refractivity contribution is -0.113. The van der Waals surface area contributed by atoms with Gasteiger partial charge in [-0.25, -0.2) is 4.39 Å². The molecule has 8 heteroatoms. The second kappa shape index (κ2) is 10.0. The summed E-state index contributed by atoms with van der Waals surface area (Å²) in [7, 11) is 0. The van der Waals surface area contributed by atoms with Gasteiger partial charge in [0.25, 0.3) is 0 Å². The number of rotatable bonds is 8. The highest BCUT2D eigenvalue weighted by Crippen LogP contribution is 2.33. The van der Waals surface area contributed by atoms with Gasteiger partial charge < -0.3 is 10.6 Å². The van der Waals surface area contributed by atoms with Crippen molar-refractivity contribution in [2.75, 3.05) is 16.4 Å². The third-order valence-corrected chi connectivity index (χ3v) is 6.46. The van der Waals surface area contributed by atoms with Crippen molar-refractivity contribution in [2.24, 2.45) is 0 Å². The first-order valence-corrected chi connectivity index (χ1v) is 11.6. The molecule has 3 rings (SSSR count). The fourth-order valence-corrected chi connectivity index (χ4v) is 4.56. The smallest absolute Gasteiger partial charge is 0.234 e. The second-order valence-electron chi connectivity index (χ2n) is 7.44. The molecular formula is C22H25FN4OS2. The van der Waals surface area contributed by atoms with Gasteiger partial charge in [-0.15, -0.1) is 10.2 Å². The molecule has 1 heterocycles. The van der Waals surface area contributed by atoms with E-state index in [1.807, 2.05) is 6.07 Å². The Kier molecular flexibility index (Phi) is 7.44. The van der Waals surface area contributed by atoms with E-state index in [0.717, 1.165) is 16.8 Å². The van der Waals surface area contributed by atoms with E-state index in [-0.39, 0.29) is 17.5 Å². The number of hydrogen-bond donors (Lipinski definition) is 2. The first kappa shape index (κ1) is 22.2. The maximum Gasteiger partial charge on any atom is 0.234 e. The number of hydrogen-bond acceptors (Lipinski definition) is 6. The second-order valence-corrected chi connectivity index (χ2v) is 9.64. The van der Waals surface area contributed by atoms with E-state index >= 15 is 0 Å². The lowest BCUT2D eigenvalue weighted by Gasteiger charge is -2.20. The summed E-state index contributed by atoms with van der Waals surface area (Å²) in [6.45, 7) is 8.48. The quantitative estimate of drug-likeness (QED) is 0.394. The number of nitrogens with one attached hydrogen (secondary N) is 2. The molecule has 0 fully saturated rings. The van der Waals surface area contributed by atoms with Crippen LogP contribution in [0.25, 0.3) is 0 Å². The Morgan fingerprint density at radius 3 is 2.33 bits per heavy atom. The average molecular weight is 445 g/mol. The summed E-state index contributed by atoms with van der Waals surface area (Å²) in [4.78, 5) is 12.6. The molecule has 0 aliphatic carbocycles. The van der Waals surface area contributed by atoms with E-state index in [1.54, 1.807) is 18.2 Å². The minimum Gasteiger partial charge on any atom is -0.328 e. The SMILES string of the molecule is CC(C)c1cccc(C(C)C)c1NC(=O)CSc1nnc(Nc2ccccc2F)s1. The highest BCUT2D eigenvalue weighted by Gasteiger charge is 2.17. The molecule has 158 valence electrons. The van der Waals surface area contributed by atoms with Crippen LogP contribution in [0.2, 0.25) is 0 Å². The van der Waals surface area contributed by atoms with E-state index in [4.69, 9.17) is 0 Å². The maximum absolute atomic E-state index is 13.8. The number of anilines is 3. The van der Waals surface area contributed by atoms with Gasteiger partial charge in [0.1, 0.15) is 5.82 Å². The molecule has 30 heavy (non-hydrogen) atoms. The first-order chi connectivity index (χ1) is 14.3. The van der Waals surface area contributed by atoms with Gasteiger partial charge in [-0.2, -0.15) is 0 Å². The number of para-hydroxylation sites is 2. The summed E-state index contributed by atoms with van der Waals surface area (Å²) in [5.74, 6) is 0.390. The Morgan fingerprint density at radius 2 is 1.70 bits per heavy atom. The third-order valence-electron chi connectivity index (χ3n) is 4.49. The van der Waals surface area contributed by atoms with Crippen molar-refractivity contribution < 1.29 is 9.18 Å². The van der Waals surface area contributed by atoms with Gasteiger partial charge in [0.15, 0.2) is 4.34 Å². The van der Waals surface area contributed by atoms with Crippen molar-refractivity contribution in [1.82, 2.24) is 10.2 Å². The molecule has 5 nitrogen and oxygen atoms in total. The van der Waals surface area contributed by atoms with Gasteiger partial charge >= 0.3 is 0 Å². The summed E-state index contributed by atoms with van der Waals surface area (Å²) >= 11 is 2.59. The van der Waals surface area contributed by atoms with Crippen LogP contribution in [-0.2, 0) is 4.79 Å². The fourth-order valence-electron chi connectivity index (χ4n) is 2.99. The molecule has 2 N–H and O–H groups in total. The molecule has 3 aromatic rings. The summed E-state index contributed by atoms with van der Waals surface area (Å²) in [5.41, 5.74) is 3.51. The Bertz CT molecular complexity index is 994. The molecule has 0 saturated heterocycles. The van der Waals surface area contributed by atoms with Gasteiger partial charge in [0.2, 0.25) is 11.0 Å². The topological polar surface area (TPSA) is 66.9 Å². The van der Waals surface area contributed by atoms with E-state index in [0.29, 0.717) is 27.0 Å². The molecule has 2 aromatic carbocycles. The number of carbonyl (C=O) groups excluding carboxylic acids is 1. The lowest BCUT2D eigenvalue weighted by atomic mass is 9.92. The molecule has 0 unspecified atom stereocenters. The van der Waals surface area contributed by atoms with Crippen molar-refractivity contribution in [3.05, 3.63) is 59.4 Å². The number of thioether (sulfide) groups is 1. The van der Waals surface area contributed by atoms with Crippen molar-refractivity contribution >= 4 is 45.5 Å². The molecule has 0 atom stereocenters. The van der Waals surface area contributed by atoms with Gasteiger partial charge in [-0.1, -0.05) is 81.1 Å². The molecule has 0 saturated carbocycles. The normalized spacial score (nSPS) is 11.2. The Morgan fingerprint density at radius 1 is 1.03 bits per heavy atom. The number of aromatic nitrogens is 2. The third kappa shape index (κ3) is 5.58. The molecule has 0 bridgehead atoms. The van der Waals surface area contributed by atoms with Gasteiger partial charge in [0, 0.05) is 5.69 Å². The lowest BCUT2D eigenvalue weighted by Crippen LogP contribution is -2.17.